The van der Waals surface area contributed by atoms with Crippen LogP contribution in [0.5, 0.6) is 0 Å². The van der Waals surface area contributed by atoms with Crippen molar-refractivity contribution in [2.45, 2.75) is 37.7 Å². The molecule has 1 saturated carbocycles. The lowest BCUT2D eigenvalue weighted by molar-refractivity contribution is 0.0000431. The second-order valence-electron chi connectivity index (χ2n) is 4.29. The number of hydrogen-bond acceptors (Lipinski definition) is 2. The highest BCUT2D eigenvalue weighted by atomic mass is 79.9. The standard InChI is InChI=1S/C12H16BrNO/c13-10-6-4-5-9(11(10)14)12(15)7-2-1-3-8-12/h4-6,15H,1-3,7-8,14H2. The maximum absolute atomic E-state index is 10.5. The molecule has 2 nitrogen and oxygen atoms in total. The highest BCUT2D eigenvalue weighted by Gasteiger charge is 2.32. The summed E-state index contributed by atoms with van der Waals surface area (Å²) in [4.78, 5) is 0. The molecule has 15 heavy (non-hydrogen) atoms. The minimum Gasteiger partial charge on any atom is -0.398 e. The van der Waals surface area contributed by atoms with E-state index in [4.69, 9.17) is 5.73 Å². The fourth-order valence-electron chi connectivity index (χ4n) is 2.35. The first-order valence-electron chi connectivity index (χ1n) is 5.40. The van der Waals surface area contributed by atoms with Gasteiger partial charge in [0.25, 0.3) is 0 Å². The van der Waals surface area contributed by atoms with Gasteiger partial charge in [0, 0.05) is 10.0 Å². The topological polar surface area (TPSA) is 46.2 Å². The van der Waals surface area contributed by atoms with E-state index in [0.717, 1.165) is 35.7 Å². The third-order valence-electron chi connectivity index (χ3n) is 3.23. The van der Waals surface area contributed by atoms with E-state index < -0.39 is 5.60 Å². The maximum atomic E-state index is 10.5. The summed E-state index contributed by atoms with van der Waals surface area (Å²) in [5.41, 5.74) is 6.86. The van der Waals surface area contributed by atoms with Crippen LogP contribution in [0.15, 0.2) is 22.7 Å². The van der Waals surface area contributed by atoms with E-state index in [1.165, 1.54) is 6.42 Å². The zero-order valence-corrected chi connectivity index (χ0v) is 10.3. The number of nitrogen functional groups attached to an aromatic ring is 1. The lowest BCUT2D eigenvalue weighted by Gasteiger charge is -2.33. The Balaban J connectivity index is 2.39. The Morgan fingerprint density at radius 1 is 1.20 bits per heavy atom. The van der Waals surface area contributed by atoms with Gasteiger partial charge in [-0.15, -0.1) is 0 Å². The molecule has 2 rings (SSSR count). The van der Waals surface area contributed by atoms with Gasteiger partial charge in [0.2, 0.25) is 0 Å². The predicted octanol–water partition coefficient (Wildman–Crippen LogP) is 3.18. The summed E-state index contributed by atoms with van der Waals surface area (Å²) >= 11 is 3.40. The number of halogens is 1. The number of hydrogen-bond donors (Lipinski definition) is 2. The lowest BCUT2D eigenvalue weighted by atomic mass is 9.79. The summed E-state index contributed by atoms with van der Waals surface area (Å²) < 4.78 is 0.874. The zero-order valence-electron chi connectivity index (χ0n) is 8.67. The minimum absolute atomic E-state index is 0.682. The van der Waals surface area contributed by atoms with Crippen LogP contribution in [0.3, 0.4) is 0 Å². The summed E-state index contributed by atoms with van der Waals surface area (Å²) in [7, 11) is 0. The normalized spacial score (nSPS) is 20.1. The van der Waals surface area contributed by atoms with Crippen molar-refractivity contribution in [3.05, 3.63) is 28.2 Å². The largest absolute Gasteiger partial charge is 0.398 e. The van der Waals surface area contributed by atoms with Crippen molar-refractivity contribution in [3.8, 4) is 0 Å². The van der Waals surface area contributed by atoms with Gasteiger partial charge in [0.15, 0.2) is 0 Å². The summed E-state index contributed by atoms with van der Waals surface area (Å²) in [6.07, 6.45) is 5.04. The molecule has 1 aliphatic rings. The monoisotopic (exact) mass is 269 g/mol. The summed E-state index contributed by atoms with van der Waals surface area (Å²) in [5, 5.41) is 10.5. The number of para-hydroxylation sites is 1. The maximum Gasteiger partial charge on any atom is 0.0916 e. The van der Waals surface area contributed by atoms with Gasteiger partial charge < -0.3 is 10.8 Å². The quantitative estimate of drug-likeness (QED) is 0.770. The molecule has 3 heteroatoms. The molecule has 0 heterocycles. The SMILES string of the molecule is Nc1c(Br)cccc1C1(O)CCCCC1. The van der Waals surface area contributed by atoms with Crippen molar-refractivity contribution in [1.82, 2.24) is 0 Å². The van der Waals surface area contributed by atoms with E-state index in [2.05, 4.69) is 15.9 Å². The molecule has 0 bridgehead atoms. The minimum atomic E-state index is -0.702. The summed E-state index contributed by atoms with van der Waals surface area (Å²) in [5.74, 6) is 0. The van der Waals surface area contributed by atoms with Gasteiger partial charge in [-0.25, -0.2) is 0 Å². The highest BCUT2D eigenvalue weighted by Crippen LogP contribution is 2.41. The number of benzene rings is 1. The van der Waals surface area contributed by atoms with Gasteiger partial charge in [-0.1, -0.05) is 31.4 Å². The Kier molecular flexibility index (Phi) is 3.03. The molecule has 0 atom stereocenters. The van der Waals surface area contributed by atoms with E-state index in [1.807, 2.05) is 18.2 Å². The Morgan fingerprint density at radius 3 is 2.53 bits per heavy atom. The van der Waals surface area contributed by atoms with Crippen LogP contribution in [0, 0.1) is 0 Å². The number of anilines is 1. The molecule has 0 radical (unpaired) electrons. The van der Waals surface area contributed by atoms with E-state index >= 15 is 0 Å². The van der Waals surface area contributed by atoms with Crippen LogP contribution in [0.2, 0.25) is 0 Å². The summed E-state index contributed by atoms with van der Waals surface area (Å²) in [6, 6.07) is 5.78. The molecule has 82 valence electrons. The van der Waals surface area contributed by atoms with Gasteiger partial charge in [-0.3, -0.25) is 0 Å². The molecule has 1 aromatic rings. The Labute approximate surface area is 98.6 Å². The van der Waals surface area contributed by atoms with Crippen molar-refractivity contribution in [3.63, 3.8) is 0 Å². The third kappa shape index (κ3) is 2.04. The molecule has 0 spiro atoms. The van der Waals surface area contributed by atoms with Crippen LogP contribution < -0.4 is 5.73 Å². The average Bonchev–Trinajstić information content (AvgIpc) is 2.23. The predicted molar refractivity (Wildman–Crippen MR) is 65.5 cm³/mol. The van der Waals surface area contributed by atoms with Gasteiger partial charge in [0.05, 0.1) is 11.3 Å². The third-order valence-corrected chi connectivity index (χ3v) is 3.93. The van der Waals surface area contributed by atoms with Crippen LogP contribution >= 0.6 is 15.9 Å². The molecular weight excluding hydrogens is 254 g/mol. The second kappa shape index (κ2) is 4.14. The van der Waals surface area contributed by atoms with Crippen LogP contribution in [0.1, 0.15) is 37.7 Å². The molecule has 0 aliphatic heterocycles. The van der Waals surface area contributed by atoms with Crippen LogP contribution in [0.4, 0.5) is 5.69 Å². The van der Waals surface area contributed by atoms with Crippen LogP contribution in [-0.4, -0.2) is 5.11 Å². The van der Waals surface area contributed by atoms with Crippen LogP contribution in [0.25, 0.3) is 0 Å². The van der Waals surface area contributed by atoms with Crippen molar-refractivity contribution < 1.29 is 5.11 Å². The Morgan fingerprint density at radius 2 is 1.87 bits per heavy atom. The van der Waals surface area contributed by atoms with Crippen molar-refractivity contribution in [1.29, 1.82) is 0 Å². The molecule has 1 fully saturated rings. The van der Waals surface area contributed by atoms with Gasteiger partial charge in [-0.2, -0.15) is 0 Å². The molecule has 0 amide bonds. The fraction of sp³-hybridized carbons (Fsp3) is 0.500. The van der Waals surface area contributed by atoms with E-state index in [1.54, 1.807) is 0 Å². The van der Waals surface area contributed by atoms with E-state index in [9.17, 15) is 5.11 Å². The number of nitrogens with two attached hydrogens (primary N) is 1. The van der Waals surface area contributed by atoms with E-state index in [-0.39, 0.29) is 0 Å². The molecule has 3 N–H and O–H groups in total. The van der Waals surface area contributed by atoms with Crippen molar-refractivity contribution >= 4 is 21.6 Å². The first kappa shape index (κ1) is 11.0. The zero-order chi connectivity index (χ0) is 10.9. The Hall–Kier alpha value is -0.540. The molecule has 1 aromatic carbocycles. The van der Waals surface area contributed by atoms with Crippen molar-refractivity contribution in [2.75, 3.05) is 5.73 Å². The molecule has 0 aromatic heterocycles. The molecular formula is C12H16BrNO. The molecule has 0 saturated heterocycles. The number of aliphatic hydroxyl groups is 1. The first-order valence-corrected chi connectivity index (χ1v) is 6.20. The molecule has 0 unspecified atom stereocenters. The van der Waals surface area contributed by atoms with Crippen LogP contribution in [-0.2, 0) is 5.60 Å². The van der Waals surface area contributed by atoms with Gasteiger partial charge >= 0.3 is 0 Å². The lowest BCUT2D eigenvalue weighted by Crippen LogP contribution is -2.29. The summed E-state index contributed by atoms with van der Waals surface area (Å²) in [6.45, 7) is 0. The van der Waals surface area contributed by atoms with E-state index in [0.29, 0.717) is 5.69 Å². The highest BCUT2D eigenvalue weighted by molar-refractivity contribution is 9.10. The number of rotatable bonds is 1. The smallest absolute Gasteiger partial charge is 0.0916 e. The Bertz CT molecular complexity index is 359. The fourth-order valence-corrected chi connectivity index (χ4v) is 2.72. The first-order chi connectivity index (χ1) is 7.13. The van der Waals surface area contributed by atoms with Crippen molar-refractivity contribution in [2.24, 2.45) is 0 Å². The average molecular weight is 270 g/mol. The molecule has 1 aliphatic carbocycles. The van der Waals surface area contributed by atoms with Gasteiger partial charge in [-0.05, 0) is 34.8 Å². The van der Waals surface area contributed by atoms with Gasteiger partial charge in [0.1, 0.15) is 0 Å². The second-order valence-corrected chi connectivity index (χ2v) is 5.15.